The van der Waals surface area contributed by atoms with Crippen molar-refractivity contribution in [2.75, 3.05) is 16.0 Å². The molecule has 0 fully saturated rings. The molecule has 0 atom stereocenters. The first-order chi connectivity index (χ1) is 15.1. The van der Waals surface area contributed by atoms with Gasteiger partial charge in [-0.2, -0.15) is 5.26 Å². The zero-order chi connectivity index (χ0) is 22.2. The van der Waals surface area contributed by atoms with Crippen molar-refractivity contribution in [1.82, 2.24) is 0 Å². The summed E-state index contributed by atoms with van der Waals surface area (Å²) in [7, 11) is 0. The zero-order valence-corrected chi connectivity index (χ0v) is 17.8. The van der Waals surface area contributed by atoms with Crippen molar-refractivity contribution in [1.29, 1.82) is 5.26 Å². The van der Waals surface area contributed by atoms with Gasteiger partial charge in [-0.15, -0.1) is 0 Å². The van der Waals surface area contributed by atoms with E-state index in [-0.39, 0.29) is 5.57 Å². The smallest absolute Gasteiger partial charge is 0.267 e. The Kier molecular flexibility index (Phi) is 7.08. The van der Waals surface area contributed by atoms with Gasteiger partial charge < -0.3 is 16.0 Å². The fourth-order valence-corrected chi connectivity index (χ4v) is 3.37. The van der Waals surface area contributed by atoms with Gasteiger partial charge in [0.05, 0.1) is 0 Å². The molecule has 5 nitrogen and oxygen atoms in total. The summed E-state index contributed by atoms with van der Waals surface area (Å²) < 4.78 is 0. The number of hydrogen-bond acceptors (Lipinski definition) is 4. The second-order valence-corrected chi connectivity index (χ2v) is 7.06. The number of nitrogens with one attached hydrogen (secondary N) is 1. The number of rotatable bonds is 7. The summed E-state index contributed by atoms with van der Waals surface area (Å²) in [6.45, 7) is 4.09. The molecule has 0 aliphatic carbocycles. The molecule has 0 aromatic heterocycles. The molecule has 0 heterocycles. The molecule has 31 heavy (non-hydrogen) atoms. The van der Waals surface area contributed by atoms with Gasteiger partial charge in [0.15, 0.2) is 0 Å². The van der Waals surface area contributed by atoms with Crippen LogP contribution in [0.2, 0.25) is 0 Å². The van der Waals surface area contributed by atoms with Crippen molar-refractivity contribution in [2.45, 2.75) is 26.7 Å². The van der Waals surface area contributed by atoms with Crippen molar-refractivity contribution >= 4 is 28.7 Å². The van der Waals surface area contributed by atoms with E-state index in [0.29, 0.717) is 5.69 Å². The standard InChI is InChI=1S/C26H26N4O/c1-3-19-9-8-10-20(4-2)25(19)29-26(31)21(17-27)18-30(23-11-6-5-7-12-23)24-15-13-22(28)14-16-24/h5-16,18H,3-4,28H2,1-2H3,(H,29,31)/b21-18-. The first kappa shape index (κ1) is 21.7. The van der Waals surface area contributed by atoms with Gasteiger partial charge in [0, 0.05) is 28.9 Å². The van der Waals surface area contributed by atoms with Crippen molar-refractivity contribution in [3.8, 4) is 6.07 Å². The zero-order valence-electron chi connectivity index (χ0n) is 17.8. The van der Waals surface area contributed by atoms with Crippen LogP contribution in [0.25, 0.3) is 0 Å². The van der Waals surface area contributed by atoms with Crippen LogP contribution in [0, 0.1) is 11.3 Å². The number of hydrogen-bond donors (Lipinski definition) is 2. The lowest BCUT2D eigenvalue weighted by Gasteiger charge is -2.22. The highest BCUT2D eigenvalue weighted by molar-refractivity contribution is 6.07. The summed E-state index contributed by atoms with van der Waals surface area (Å²) in [6.07, 6.45) is 3.14. The van der Waals surface area contributed by atoms with Gasteiger partial charge in [-0.1, -0.05) is 50.2 Å². The minimum absolute atomic E-state index is 0.00800. The molecule has 3 rings (SSSR count). The predicted octanol–water partition coefficient (Wildman–Crippen LogP) is 5.58. The third-order valence-electron chi connectivity index (χ3n) is 5.07. The number of nitrogens with two attached hydrogens (primary N) is 1. The Labute approximate surface area is 183 Å². The van der Waals surface area contributed by atoms with E-state index in [4.69, 9.17) is 5.73 Å². The third kappa shape index (κ3) is 5.12. The van der Waals surface area contributed by atoms with E-state index < -0.39 is 5.91 Å². The van der Waals surface area contributed by atoms with Gasteiger partial charge in [0.1, 0.15) is 11.6 Å². The van der Waals surface area contributed by atoms with E-state index in [1.54, 1.807) is 18.3 Å². The topological polar surface area (TPSA) is 82.2 Å². The Morgan fingerprint density at radius 3 is 2.06 bits per heavy atom. The van der Waals surface area contributed by atoms with Gasteiger partial charge >= 0.3 is 0 Å². The number of anilines is 4. The Morgan fingerprint density at radius 1 is 0.935 bits per heavy atom. The molecule has 156 valence electrons. The number of amides is 1. The molecule has 0 aliphatic heterocycles. The lowest BCUT2D eigenvalue weighted by molar-refractivity contribution is -0.112. The highest BCUT2D eigenvalue weighted by atomic mass is 16.1. The molecule has 0 unspecified atom stereocenters. The Bertz CT molecular complexity index is 1090. The predicted molar refractivity (Wildman–Crippen MR) is 127 cm³/mol. The van der Waals surface area contributed by atoms with Gasteiger partial charge in [-0.05, 0) is 60.4 Å². The SMILES string of the molecule is CCc1cccc(CC)c1NC(=O)/C(C#N)=C\N(c1ccccc1)c1ccc(N)cc1. The average molecular weight is 411 g/mol. The number of para-hydroxylation sites is 2. The van der Waals surface area contributed by atoms with E-state index >= 15 is 0 Å². The number of benzene rings is 3. The van der Waals surface area contributed by atoms with Crippen LogP contribution in [0.5, 0.6) is 0 Å². The summed E-state index contributed by atoms with van der Waals surface area (Å²) in [4.78, 5) is 14.9. The molecule has 3 aromatic rings. The van der Waals surface area contributed by atoms with Crippen LogP contribution < -0.4 is 16.0 Å². The molecule has 1 amide bonds. The van der Waals surface area contributed by atoms with Gasteiger partial charge in [0.25, 0.3) is 5.91 Å². The molecular weight excluding hydrogens is 384 g/mol. The van der Waals surface area contributed by atoms with Crippen LogP contribution in [0.1, 0.15) is 25.0 Å². The van der Waals surface area contributed by atoms with Crippen molar-refractivity contribution in [3.63, 3.8) is 0 Å². The average Bonchev–Trinajstić information content (AvgIpc) is 2.81. The fraction of sp³-hybridized carbons (Fsp3) is 0.154. The second kappa shape index (κ2) is 10.1. The highest BCUT2D eigenvalue weighted by Gasteiger charge is 2.17. The van der Waals surface area contributed by atoms with Crippen LogP contribution in [0.15, 0.2) is 84.6 Å². The molecule has 0 radical (unpaired) electrons. The van der Waals surface area contributed by atoms with Crippen molar-refractivity contribution in [3.05, 3.63) is 95.7 Å². The second-order valence-electron chi connectivity index (χ2n) is 7.06. The minimum Gasteiger partial charge on any atom is -0.399 e. The fourth-order valence-electron chi connectivity index (χ4n) is 3.37. The van der Waals surface area contributed by atoms with E-state index in [2.05, 4.69) is 11.4 Å². The number of nitrogens with zero attached hydrogens (tertiary/aromatic N) is 2. The van der Waals surface area contributed by atoms with Crippen LogP contribution in [-0.2, 0) is 17.6 Å². The number of nitrogen functional groups attached to an aromatic ring is 1. The summed E-state index contributed by atoms with van der Waals surface area (Å²) >= 11 is 0. The maximum absolute atomic E-state index is 13.1. The Morgan fingerprint density at radius 2 is 1.52 bits per heavy atom. The number of carbonyl (C=O) groups excluding carboxylic acids is 1. The maximum atomic E-state index is 13.1. The Hall–Kier alpha value is -4.04. The molecule has 5 heteroatoms. The number of aryl methyl sites for hydroxylation is 2. The molecule has 0 bridgehead atoms. The van der Waals surface area contributed by atoms with Crippen LogP contribution >= 0.6 is 0 Å². The van der Waals surface area contributed by atoms with Gasteiger partial charge in [0.2, 0.25) is 0 Å². The van der Waals surface area contributed by atoms with E-state index in [1.165, 1.54) is 0 Å². The lowest BCUT2D eigenvalue weighted by Crippen LogP contribution is -2.19. The molecule has 0 saturated heterocycles. The number of carbonyl (C=O) groups is 1. The van der Waals surface area contributed by atoms with E-state index in [9.17, 15) is 10.1 Å². The van der Waals surface area contributed by atoms with Gasteiger partial charge in [-0.3, -0.25) is 4.79 Å². The quantitative estimate of drug-likeness (QED) is 0.303. The Balaban J connectivity index is 2.00. The normalized spacial score (nSPS) is 10.9. The summed E-state index contributed by atoms with van der Waals surface area (Å²) in [6, 6.07) is 24.9. The van der Waals surface area contributed by atoms with E-state index in [0.717, 1.165) is 41.0 Å². The number of nitriles is 1. The molecular formula is C26H26N4O. The lowest BCUT2D eigenvalue weighted by atomic mass is 10.0. The summed E-state index contributed by atoms with van der Waals surface area (Å²) in [5.41, 5.74) is 11.0. The molecule has 0 saturated carbocycles. The first-order valence-corrected chi connectivity index (χ1v) is 10.3. The minimum atomic E-state index is -0.436. The van der Waals surface area contributed by atoms with Crippen LogP contribution in [0.4, 0.5) is 22.7 Å². The maximum Gasteiger partial charge on any atom is 0.267 e. The summed E-state index contributed by atoms with van der Waals surface area (Å²) in [5, 5.41) is 12.8. The first-order valence-electron chi connectivity index (χ1n) is 10.3. The van der Waals surface area contributed by atoms with Gasteiger partial charge in [-0.25, -0.2) is 0 Å². The third-order valence-corrected chi connectivity index (χ3v) is 5.07. The molecule has 3 aromatic carbocycles. The monoisotopic (exact) mass is 410 g/mol. The summed E-state index contributed by atoms with van der Waals surface area (Å²) in [5.74, 6) is -0.436. The van der Waals surface area contributed by atoms with Crippen molar-refractivity contribution < 1.29 is 4.79 Å². The molecule has 0 aliphatic rings. The molecule has 3 N–H and O–H groups in total. The largest absolute Gasteiger partial charge is 0.399 e. The van der Waals surface area contributed by atoms with E-state index in [1.807, 2.05) is 79.4 Å². The van der Waals surface area contributed by atoms with Crippen molar-refractivity contribution in [2.24, 2.45) is 0 Å². The molecule has 0 spiro atoms. The van der Waals surface area contributed by atoms with Crippen LogP contribution in [0.3, 0.4) is 0 Å². The highest BCUT2D eigenvalue weighted by Crippen LogP contribution is 2.28. The van der Waals surface area contributed by atoms with Crippen LogP contribution in [-0.4, -0.2) is 5.91 Å².